The highest BCUT2D eigenvalue weighted by molar-refractivity contribution is 5.96. The Morgan fingerprint density at radius 2 is 1.71 bits per heavy atom. The van der Waals surface area contributed by atoms with E-state index in [4.69, 9.17) is 4.74 Å². The molecule has 2 amide bonds. The number of nitrogens with one attached hydrogen (secondary N) is 2. The lowest BCUT2D eigenvalue weighted by molar-refractivity contribution is -0.117. The van der Waals surface area contributed by atoms with E-state index in [0.29, 0.717) is 18.0 Å². The molecule has 2 aromatic carbocycles. The molecule has 28 heavy (non-hydrogen) atoms. The second-order valence-electron chi connectivity index (χ2n) is 7.70. The molecule has 148 valence electrons. The summed E-state index contributed by atoms with van der Waals surface area (Å²) < 4.78 is 5.63. The monoisotopic (exact) mass is 380 g/mol. The van der Waals surface area contributed by atoms with Crippen molar-refractivity contribution in [1.82, 2.24) is 5.32 Å². The summed E-state index contributed by atoms with van der Waals surface area (Å²) in [6.45, 7) is 6.63. The molecule has 0 spiro atoms. The molecule has 2 aromatic rings. The zero-order chi connectivity index (χ0) is 20.1. The molecule has 0 bridgehead atoms. The molecule has 0 aromatic heterocycles. The SMILES string of the molecule is CC(C)Oc1ccc(CCNC(=O)c2ccc(NC(=O)C3CC3C)cc2)cc1. The number of carbonyl (C=O) groups excluding carboxylic acids is 2. The maximum atomic E-state index is 12.3. The second-order valence-corrected chi connectivity index (χ2v) is 7.70. The fourth-order valence-electron chi connectivity index (χ4n) is 3.06. The Morgan fingerprint density at radius 3 is 2.29 bits per heavy atom. The highest BCUT2D eigenvalue weighted by atomic mass is 16.5. The summed E-state index contributed by atoms with van der Waals surface area (Å²) in [4.78, 5) is 24.2. The van der Waals surface area contributed by atoms with Crippen LogP contribution in [0.4, 0.5) is 5.69 Å². The number of benzene rings is 2. The fraction of sp³-hybridized carbons (Fsp3) is 0.391. The number of carbonyl (C=O) groups is 2. The predicted molar refractivity (Wildman–Crippen MR) is 111 cm³/mol. The lowest BCUT2D eigenvalue weighted by Crippen LogP contribution is -2.25. The van der Waals surface area contributed by atoms with Crippen molar-refractivity contribution >= 4 is 17.5 Å². The predicted octanol–water partition coefficient (Wildman–Crippen LogP) is 4.04. The molecule has 5 nitrogen and oxygen atoms in total. The Bertz CT molecular complexity index is 813. The lowest BCUT2D eigenvalue weighted by Gasteiger charge is -2.10. The Kier molecular flexibility index (Phi) is 6.34. The molecule has 1 aliphatic rings. The van der Waals surface area contributed by atoms with Crippen LogP contribution in [0, 0.1) is 11.8 Å². The third kappa shape index (κ3) is 5.59. The number of ether oxygens (including phenoxy) is 1. The zero-order valence-corrected chi connectivity index (χ0v) is 16.7. The van der Waals surface area contributed by atoms with Gasteiger partial charge < -0.3 is 15.4 Å². The Balaban J connectivity index is 1.43. The minimum Gasteiger partial charge on any atom is -0.491 e. The molecule has 0 aliphatic heterocycles. The van der Waals surface area contributed by atoms with E-state index >= 15 is 0 Å². The van der Waals surface area contributed by atoms with E-state index in [1.54, 1.807) is 24.3 Å². The van der Waals surface area contributed by atoms with Crippen LogP contribution in [-0.4, -0.2) is 24.5 Å². The van der Waals surface area contributed by atoms with Crippen molar-refractivity contribution < 1.29 is 14.3 Å². The van der Waals surface area contributed by atoms with E-state index in [9.17, 15) is 9.59 Å². The van der Waals surface area contributed by atoms with Crippen molar-refractivity contribution in [1.29, 1.82) is 0 Å². The van der Waals surface area contributed by atoms with Crippen LogP contribution in [-0.2, 0) is 11.2 Å². The first-order valence-corrected chi connectivity index (χ1v) is 9.87. The van der Waals surface area contributed by atoms with E-state index < -0.39 is 0 Å². The molecule has 3 rings (SSSR count). The van der Waals surface area contributed by atoms with Gasteiger partial charge in [0.25, 0.3) is 5.91 Å². The van der Waals surface area contributed by atoms with Crippen LogP contribution < -0.4 is 15.4 Å². The average Bonchev–Trinajstić information content (AvgIpc) is 3.40. The lowest BCUT2D eigenvalue weighted by atomic mass is 10.1. The number of hydrogen-bond donors (Lipinski definition) is 2. The summed E-state index contributed by atoms with van der Waals surface area (Å²) in [7, 11) is 0. The van der Waals surface area contributed by atoms with Gasteiger partial charge in [0.05, 0.1) is 6.10 Å². The van der Waals surface area contributed by atoms with Gasteiger partial charge in [0.1, 0.15) is 5.75 Å². The summed E-state index contributed by atoms with van der Waals surface area (Å²) in [6, 6.07) is 14.9. The van der Waals surface area contributed by atoms with E-state index in [-0.39, 0.29) is 23.8 Å². The van der Waals surface area contributed by atoms with Gasteiger partial charge in [-0.3, -0.25) is 9.59 Å². The highest BCUT2D eigenvalue weighted by Crippen LogP contribution is 2.38. The molecule has 0 heterocycles. The molecule has 0 radical (unpaired) electrons. The first-order chi connectivity index (χ1) is 13.4. The third-order valence-corrected chi connectivity index (χ3v) is 4.86. The molecule has 2 unspecified atom stereocenters. The van der Waals surface area contributed by atoms with E-state index in [1.165, 1.54) is 0 Å². The summed E-state index contributed by atoms with van der Waals surface area (Å²) in [5.41, 5.74) is 2.45. The first-order valence-electron chi connectivity index (χ1n) is 9.87. The van der Waals surface area contributed by atoms with Crippen molar-refractivity contribution in [3.8, 4) is 5.75 Å². The van der Waals surface area contributed by atoms with Gasteiger partial charge in [-0.2, -0.15) is 0 Å². The van der Waals surface area contributed by atoms with Gasteiger partial charge in [0.15, 0.2) is 0 Å². The molecule has 5 heteroatoms. The number of amides is 2. The molecule has 2 atom stereocenters. The fourth-order valence-corrected chi connectivity index (χ4v) is 3.06. The first kappa shape index (κ1) is 19.9. The molecular formula is C23H28N2O3. The Morgan fingerprint density at radius 1 is 1.07 bits per heavy atom. The topological polar surface area (TPSA) is 67.4 Å². The molecular weight excluding hydrogens is 352 g/mol. The minimum atomic E-state index is -0.117. The standard InChI is InChI=1S/C23H28N2O3/c1-15(2)28-20-10-4-17(5-11-20)12-13-24-22(26)18-6-8-19(9-7-18)25-23(27)21-14-16(21)3/h4-11,15-16,21H,12-14H2,1-3H3,(H,24,26)(H,25,27). The van der Waals surface area contributed by atoms with Crippen molar-refractivity contribution in [2.24, 2.45) is 11.8 Å². The zero-order valence-electron chi connectivity index (χ0n) is 16.7. The summed E-state index contributed by atoms with van der Waals surface area (Å²) in [6.07, 6.45) is 1.86. The Hall–Kier alpha value is -2.82. The van der Waals surface area contributed by atoms with Crippen LogP contribution >= 0.6 is 0 Å². The summed E-state index contributed by atoms with van der Waals surface area (Å²) >= 11 is 0. The van der Waals surface area contributed by atoms with E-state index in [1.807, 2.05) is 38.1 Å². The largest absolute Gasteiger partial charge is 0.491 e. The molecule has 0 saturated heterocycles. The third-order valence-electron chi connectivity index (χ3n) is 4.86. The Labute approximate surface area is 166 Å². The van der Waals surface area contributed by atoms with Gasteiger partial charge in [-0.05, 0) is 74.6 Å². The number of anilines is 1. The molecule has 2 N–H and O–H groups in total. The summed E-state index contributed by atoms with van der Waals surface area (Å²) in [5, 5.41) is 5.83. The van der Waals surface area contributed by atoms with Gasteiger partial charge in [-0.15, -0.1) is 0 Å². The molecule has 1 fully saturated rings. The van der Waals surface area contributed by atoms with Gasteiger partial charge in [0, 0.05) is 23.7 Å². The normalized spacial score (nSPS) is 17.9. The molecule has 1 aliphatic carbocycles. The van der Waals surface area contributed by atoms with Crippen molar-refractivity contribution in [3.63, 3.8) is 0 Å². The van der Waals surface area contributed by atoms with Gasteiger partial charge >= 0.3 is 0 Å². The van der Waals surface area contributed by atoms with E-state index in [2.05, 4.69) is 17.6 Å². The van der Waals surface area contributed by atoms with Crippen LogP contribution in [0.2, 0.25) is 0 Å². The summed E-state index contributed by atoms with van der Waals surface area (Å²) in [5.74, 6) is 1.41. The van der Waals surface area contributed by atoms with Crippen LogP contribution in [0.15, 0.2) is 48.5 Å². The van der Waals surface area contributed by atoms with Crippen molar-refractivity contribution in [2.45, 2.75) is 39.7 Å². The van der Waals surface area contributed by atoms with Crippen LogP contribution in [0.3, 0.4) is 0 Å². The van der Waals surface area contributed by atoms with Crippen LogP contribution in [0.25, 0.3) is 0 Å². The average molecular weight is 380 g/mol. The van der Waals surface area contributed by atoms with Crippen molar-refractivity contribution in [2.75, 3.05) is 11.9 Å². The van der Waals surface area contributed by atoms with Gasteiger partial charge in [-0.1, -0.05) is 19.1 Å². The quantitative estimate of drug-likeness (QED) is 0.726. The van der Waals surface area contributed by atoms with Crippen LogP contribution in [0.5, 0.6) is 5.75 Å². The van der Waals surface area contributed by atoms with Crippen LogP contribution in [0.1, 0.15) is 43.1 Å². The molecule has 1 saturated carbocycles. The van der Waals surface area contributed by atoms with Gasteiger partial charge in [0.2, 0.25) is 5.91 Å². The minimum absolute atomic E-state index is 0.0644. The number of hydrogen-bond acceptors (Lipinski definition) is 3. The van der Waals surface area contributed by atoms with E-state index in [0.717, 1.165) is 29.8 Å². The number of rotatable bonds is 8. The highest BCUT2D eigenvalue weighted by Gasteiger charge is 2.39. The maximum Gasteiger partial charge on any atom is 0.251 e. The maximum absolute atomic E-state index is 12.3. The van der Waals surface area contributed by atoms with Crippen molar-refractivity contribution in [3.05, 3.63) is 59.7 Å². The van der Waals surface area contributed by atoms with Gasteiger partial charge in [-0.25, -0.2) is 0 Å². The second kappa shape index (κ2) is 8.91. The smallest absolute Gasteiger partial charge is 0.251 e.